The Bertz CT molecular complexity index is 54.4. The number of halogens is 1. The van der Waals surface area contributed by atoms with Crippen molar-refractivity contribution in [2.45, 2.75) is 17.4 Å². The molecule has 1 saturated heterocycles. The van der Waals surface area contributed by atoms with Crippen LogP contribution in [0.4, 0.5) is 0 Å². The molecule has 0 aromatic heterocycles. The average Bonchev–Trinajstić information content (AvgIpc) is 1.69. The zero-order valence-electron chi connectivity index (χ0n) is 5.02. The summed E-state index contributed by atoms with van der Waals surface area (Å²) in [5.41, 5.74) is 0. The first-order valence-corrected chi connectivity index (χ1v) is 4.64. The van der Waals surface area contributed by atoms with E-state index in [-0.39, 0.29) is 24.0 Å². The summed E-state index contributed by atoms with van der Waals surface area (Å²) in [5, 5.41) is 3.34. The molecule has 0 saturated carbocycles. The third-order valence-corrected chi connectivity index (χ3v) is 3.17. The summed E-state index contributed by atoms with van der Waals surface area (Å²) < 4.78 is 1.10. The number of nitrogens with one attached hydrogen (secondary N) is 1. The van der Waals surface area contributed by atoms with Gasteiger partial charge in [-0.2, -0.15) is 0 Å². The molecule has 8 heavy (non-hydrogen) atoms. The monoisotopic (exact) mass is 276 g/mol. The summed E-state index contributed by atoms with van der Waals surface area (Å²) in [6.45, 7) is 2.54. The Labute approximate surface area is 77.7 Å². The van der Waals surface area contributed by atoms with E-state index in [1.807, 2.05) is 0 Å². The zero-order valence-corrected chi connectivity index (χ0v) is 10.3. The first-order chi connectivity index (χ1) is 3.39. The van der Waals surface area contributed by atoms with Gasteiger partial charge in [0, 0.05) is 0 Å². The SMILES string of the molecule is I.[Zn][CH]1CCNCC1. The van der Waals surface area contributed by atoms with Crippen molar-refractivity contribution in [3.05, 3.63) is 0 Å². The van der Waals surface area contributed by atoms with Gasteiger partial charge < -0.3 is 0 Å². The summed E-state index contributed by atoms with van der Waals surface area (Å²) in [4.78, 5) is 0. The number of piperidine rings is 1. The molecule has 45 valence electrons. The molecule has 0 radical (unpaired) electrons. The van der Waals surface area contributed by atoms with Crippen molar-refractivity contribution < 1.29 is 18.3 Å². The maximum absolute atomic E-state index is 3.34. The molecule has 3 heteroatoms. The van der Waals surface area contributed by atoms with E-state index in [0.29, 0.717) is 0 Å². The first-order valence-electron chi connectivity index (χ1n) is 2.93. The normalized spacial score (nSPS) is 22.2. The minimum atomic E-state index is 0. The van der Waals surface area contributed by atoms with Crippen LogP contribution < -0.4 is 5.32 Å². The van der Waals surface area contributed by atoms with Crippen molar-refractivity contribution in [1.82, 2.24) is 5.32 Å². The van der Waals surface area contributed by atoms with Gasteiger partial charge in [-0.05, 0) is 0 Å². The Balaban J connectivity index is 0.000000490. The van der Waals surface area contributed by atoms with E-state index in [1.54, 1.807) is 0 Å². The Morgan fingerprint density at radius 1 is 1.25 bits per heavy atom. The van der Waals surface area contributed by atoms with E-state index in [0.717, 1.165) is 4.51 Å². The summed E-state index contributed by atoms with van der Waals surface area (Å²) >= 11 is 1.50. The van der Waals surface area contributed by atoms with E-state index in [1.165, 1.54) is 44.2 Å². The van der Waals surface area contributed by atoms with Gasteiger partial charge in [-0.25, -0.2) is 0 Å². The Hall–Kier alpha value is 1.31. The number of hydrogen-bond donors (Lipinski definition) is 1. The molecule has 0 aliphatic carbocycles. The fourth-order valence-electron chi connectivity index (χ4n) is 0.882. The Morgan fingerprint density at radius 3 is 2.00 bits per heavy atom. The predicted octanol–water partition coefficient (Wildman–Crippen LogP) is 1.32. The van der Waals surface area contributed by atoms with Crippen LogP contribution in [0, 0.1) is 0 Å². The van der Waals surface area contributed by atoms with Crippen LogP contribution >= 0.6 is 24.0 Å². The van der Waals surface area contributed by atoms with Gasteiger partial charge in [0.2, 0.25) is 0 Å². The average molecular weight is 277 g/mol. The molecule has 0 unspecified atom stereocenters. The molecule has 0 aromatic carbocycles. The number of hydrogen-bond acceptors (Lipinski definition) is 1. The fourth-order valence-corrected chi connectivity index (χ4v) is 1.74. The molecule has 1 N–H and O–H groups in total. The maximum atomic E-state index is 3.34. The van der Waals surface area contributed by atoms with Crippen molar-refractivity contribution in [2.75, 3.05) is 13.1 Å². The number of rotatable bonds is 0. The van der Waals surface area contributed by atoms with Crippen LogP contribution in [0.15, 0.2) is 0 Å². The molecule has 0 amide bonds. The predicted molar refractivity (Wildman–Crippen MR) is 41.3 cm³/mol. The Kier molecular flexibility index (Phi) is 5.97. The Morgan fingerprint density at radius 2 is 1.75 bits per heavy atom. The van der Waals surface area contributed by atoms with Crippen LogP contribution in [0.3, 0.4) is 0 Å². The van der Waals surface area contributed by atoms with Gasteiger partial charge in [-0.15, -0.1) is 24.0 Å². The molecule has 1 nitrogen and oxygen atoms in total. The second kappa shape index (κ2) is 5.13. The second-order valence-electron chi connectivity index (χ2n) is 2.19. The minimum absolute atomic E-state index is 0. The quantitative estimate of drug-likeness (QED) is 0.520. The molecular formula is C5H11INZn. The van der Waals surface area contributed by atoms with Crippen LogP contribution in [0.25, 0.3) is 0 Å². The zero-order chi connectivity index (χ0) is 5.11. The van der Waals surface area contributed by atoms with Crippen LogP contribution in [-0.4, -0.2) is 13.1 Å². The summed E-state index contributed by atoms with van der Waals surface area (Å²) in [7, 11) is 0. The van der Waals surface area contributed by atoms with E-state index >= 15 is 0 Å². The molecule has 1 aliphatic rings. The third kappa shape index (κ3) is 3.36. The molecule has 0 atom stereocenters. The van der Waals surface area contributed by atoms with Gasteiger partial charge in [0.05, 0.1) is 0 Å². The molecule has 0 spiro atoms. The van der Waals surface area contributed by atoms with Crippen LogP contribution in [0.1, 0.15) is 12.8 Å². The van der Waals surface area contributed by atoms with Gasteiger partial charge in [-0.3, -0.25) is 0 Å². The topological polar surface area (TPSA) is 12.0 Å². The van der Waals surface area contributed by atoms with Crippen molar-refractivity contribution in [1.29, 1.82) is 0 Å². The molecule has 1 fully saturated rings. The van der Waals surface area contributed by atoms with E-state index in [4.69, 9.17) is 0 Å². The van der Waals surface area contributed by atoms with Crippen molar-refractivity contribution >= 4 is 24.0 Å². The molecular weight excluding hydrogens is 266 g/mol. The van der Waals surface area contributed by atoms with Crippen molar-refractivity contribution in [3.63, 3.8) is 0 Å². The molecule has 1 heterocycles. The van der Waals surface area contributed by atoms with E-state index < -0.39 is 0 Å². The molecule has 0 aromatic rings. The van der Waals surface area contributed by atoms with Crippen LogP contribution in [0.2, 0.25) is 4.51 Å². The molecule has 1 aliphatic heterocycles. The van der Waals surface area contributed by atoms with Gasteiger partial charge in [0.15, 0.2) is 0 Å². The van der Waals surface area contributed by atoms with E-state index in [2.05, 4.69) is 5.32 Å². The molecule has 0 bridgehead atoms. The van der Waals surface area contributed by atoms with Crippen LogP contribution in [0.5, 0.6) is 0 Å². The fraction of sp³-hybridized carbons (Fsp3) is 1.00. The molecule has 1 rings (SSSR count). The van der Waals surface area contributed by atoms with Gasteiger partial charge in [-0.1, -0.05) is 0 Å². The standard InChI is InChI=1S/C5H10N.HI.Zn/c1-2-4-6-5-3-1;;/h1,6H,2-5H2;1H;. The second-order valence-corrected chi connectivity index (χ2v) is 4.62. The third-order valence-electron chi connectivity index (χ3n) is 1.46. The van der Waals surface area contributed by atoms with Gasteiger partial charge in [0.1, 0.15) is 0 Å². The summed E-state index contributed by atoms with van der Waals surface area (Å²) in [6.07, 6.45) is 2.86. The van der Waals surface area contributed by atoms with Crippen molar-refractivity contribution in [2.24, 2.45) is 0 Å². The van der Waals surface area contributed by atoms with E-state index in [9.17, 15) is 0 Å². The van der Waals surface area contributed by atoms with Gasteiger partial charge in [0.25, 0.3) is 0 Å². The van der Waals surface area contributed by atoms with Crippen LogP contribution in [-0.2, 0) is 18.3 Å². The van der Waals surface area contributed by atoms with Gasteiger partial charge >= 0.3 is 54.1 Å². The first kappa shape index (κ1) is 9.31. The van der Waals surface area contributed by atoms with Crippen molar-refractivity contribution in [3.8, 4) is 0 Å². The summed E-state index contributed by atoms with van der Waals surface area (Å²) in [5.74, 6) is 0. The summed E-state index contributed by atoms with van der Waals surface area (Å²) in [6, 6.07) is 0.